The smallest absolute Gasteiger partial charge is 0.192 e. The average molecular weight is 293 g/mol. The van der Waals surface area contributed by atoms with E-state index >= 15 is 0 Å². The van der Waals surface area contributed by atoms with Crippen molar-refractivity contribution in [1.82, 2.24) is 0 Å². The molecule has 0 bridgehead atoms. The fourth-order valence-electron chi connectivity index (χ4n) is 1.61. The van der Waals surface area contributed by atoms with Crippen LogP contribution in [0, 0.1) is 0 Å². The van der Waals surface area contributed by atoms with Crippen molar-refractivity contribution in [1.29, 1.82) is 0 Å². The maximum absolute atomic E-state index is 9.89. The van der Waals surface area contributed by atoms with Gasteiger partial charge in [-0.3, -0.25) is 0 Å². The molecule has 19 heavy (non-hydrogen) atoms. The molecule has 6 nitrogen and oxygen atoms in total. The zero-order valence-electron chi connectivity index (χ0n) is 12.3. The van der Waals surface area contributed by atoms with Gasteiger partial charge in [-0.05, 0) is 18.1 Å². The Morgan fingerprint density at radius 3 is 2.16 bits per heavy atom. The first-order chi connectivity index (χ1) is 8.47. The number of aliphatic hydroxyl groups excluding tert-OH is 3. The minimum atomic E-state index is -1.97. The van der Waals surface area contributed by atoms with Gasteiger partial charge in [-0.25, -0.2) is 0 Å². The number of rotatable bonds is 3. The standard InChI is InChI=1S/C12H27NO5Si/c1-12(2,3)19(4,5)17-6-7-9(14)10(15)8(13)11(16)18-7/h7-11,14-16H,6,13H2,1-5H3/t7-,8-,9-,10-,11-/m1/s1. The Hall–Kier alpha value is -0.0231. The molecular weight excluding hydrogens is 266 g/mol. The second kappa shape index (κ2) is 5.77. The third kappa shape index (κ3) is 3.75. The van der Waals surface area contributed by atoms with Crippen LogP contribution in [-0.2, 0) is 9.16 Å². The Morgan fingerprint density at radius 2 is 1.68 bits per heavy atom. The van der Waals surface area contributed by atoms with Crippen LogP contribution in [0.5, 0.6) is 0 Å². The van der Waals surface area contributed by atoms with Gasteiger partial charge in [0.1, 0.15) is 18.3 Å². The summed E-state index contributed by atoms with van der Waals surface area (Å²) in [6, 6.07) is -1.00. The summed E-state index contributed by atoms with van der Waals surface area (Å²) in [6.45, 7) is 10.6. The second-order valence-corrected chi connectivity index (χ2v) is 11.5. The zero-order chi connectivity index (χ0) is 15.0. The Bertz CT molecular complexity index is 307. The van der Waals surface area contributed by atoms with E-state index in [0.717, 1.165) is 0 Å². The van der Waals surface area contributed by atoms with Gasteiger partial charge in [0, 0.05) is 0 Å². The van der Waals surface area contributed by atoms with Crippen molar-refractivity contribution in [2.45, 2.75) is 69.5 Å². The Morgan fingerprint density at radius 1 is 1.16 bits per heavy atom. The van der Waals surface area contributed by atoms with Gasteiger partial charge in [0.25, 0.3) is 0 Å². The zero-order valence-corrected chi connectivity index (χ0v) is 13.3. The summed E-state index contributed by atoms with van der Waals surface area (Å²) in [5.74, 6) is 0. The third-order valence-corrected chi connectivity index (χ3v) is 8.68. The van der Waals surface area contributed by atoms with Gasteiger partial charge >= 0.3 is 0 Å². The molecule has 0 spiro atoms. The summed E-state index contributed by atoms with van der Waals surface area (Å²) in [4.78, 5) is 0. The van der Waals surface area contributed by atoms with Crippen molar-refractivity contribution in [3.05, 3.63) is 0 Å². The average Bonchev–Trinajstić information content (AvgIpc) is 2.28. The molecule has 5 N–H and O–H groups in total. The van der Waals surface area contributed by atoms with Gasteiger partial charge < -0.3 is 30.2 Å². The van der Waals surface area contributed by atoms with Gasteiger partial charge in [-0.1, -0.05) is 20.8 Å². The summed E-state index contributed by atoms with van der Waals surface area (Å²) in [5, 5.41) is 29.2. The molecule has 0 amide bonds. The highest BCUT2D eigenvalue weighted by molar-refractivity contribution is 6.74. The summed E-state index contributed by atoms with van der Waals surface area (Å²) in [6.07, 6.45) is -4.41. The van der Waals surface area contributed by atoms with E-state index in [1.165, 1.54) is 0 Å². The Balaban J connectivity index is 2.63. The molecule has 0 unspecified atom stereocenters. The molecule has 1 aliphatic rings. The first kappa shape index (κ1) is 17.0. The van der Waals surface area contributed by atoms with Crippen molar-refractivity contribution in [2.24, 2.45) is 5.73 Å². The van der Waals surface area contributed by atoms with E-state index < -0.39 is 39.0 Å². The van der Waals surface area contributed by atoms with Crippen molar-refractivity contribution in [3.8, 4) is 0 Å². The minimum Gasteiger partial charge on any atom is -0.414 e. The molecular formula is C12H27NO5Si. The molecule has 0 aromatic heterocycles. The molecule has 0 aromatic rings. The second-order valence-electron chi connectivity index (χ2n) is 6.69. The van der Waals surface area contributed by atoms with E-state index in [1.54, 1.807) is 0 Å². The van der Waals surface area contributed by atoms with Crippen molar-refractivity contribution in [3.63, 3.8) is 0 Å². The highest BCUT2D eigenvalue weighted by atomic mass is 28.4. The van der Waals surface area contributed by atoms with Crippen LogP contribution < -0.4 is 5.73 Å². The number of hydrogen-bond donors (Lipinski definition) is 4. The summed E-state index contributed by atoms with van der Waals surface area (Å²) in [7, 11) is -1.97. The van der Waals surface area contributed by atoms with Crippen LogP contribution >= 0.6 is 0 Å². The molecule has 0 radical (unpaired) electrons. The van der Waals surface area contributed by atoms with Crippen LogP contribution in [0.2, 0.25) is 18.1 Å². The molecule has 1 saturated heterocycles. The highest BCUT2D eigenvalue weighted by Crippen LogP contribution is 2.37. The number of ether oxygens (including phenoxy) is 1. The van der Waals surface area contributed by atoms with Crippen LogP contribution in [0.3, 0.4) is 0 Å². The third-order valence-electron chi connectivity index (χ3n) is 4.18. The molecule has 5 atom stereocenters. The Kier molecular flexibility index (Phi) is 5.17. The molecule has 7 heteroatoms. The first-order valence-corrected chi connectivity index (χ1v) is 9.47. The highest BCUT2D eigenvalue weighted by Gasteiger charge is 2.44. The molecule has 1 fully saturated rings. The predicted octanol–water partition coefficient (Wildman–Crippen LogP) is -0.225. The van der Waals surface area contributed by atoms with Gasteiger partial charge in [-0.2, -0.15) is 0 Å². The lowest BCUT2D eigenvalue weighted by atomic mass is 9.98. The molecule has 114 valence electrons. The summed E-state index contributed by atoms with van der Waals surface area (Å²) in [5.41, 5.74) is 5.51. The van der Waals surface area contributed by atoms with Crippen molar-refractivity contribution < 1.29 is 24.5 Å². The summed E-state index contributed by atoms with van der Waals surface area (Å²) >= 11 is 0. The van der Waals surface area contributed by atoms with Crippen molar-refractivity contribution in [2.75, 3.05) is 6.61 Å². The molecule has 1 rings (SSSR count). The van der Waals surface area contributed by atoms with Crippen LogP contribution in [0.4, 0.5) is 0 Å². The topological polar surface area (TPSA) is 105 Å². The minimum absolute atomic E-state index is 0.0419. The lowest BCUT2D eigenvalue weighted by Gasteiger charge is -2.42. The SMILES string of the molecule is CC(C)(C)[Si](C)(C)OC[C@H]1O[C@@H](O)[C@H](N)[C@@H](O)[C@@H]1O. The quantitative estimate of drug-likeness (QED) is 0.536. The van der Waals surface area contributed by atoms with E-state index in [-0.39, 0.29) is 11.6 Å². The van der Waals surface area contributed by atoms with Crippen LogP contribution in [0.15, 0.2) is 0 Å². The largest absolute Gasteiger partial charge is 0.414 e. The first-order valence-electron chi connectivity index (χ1n) is 6.56. The van der Waals surface area contributed by atoms with E-state index in [9.17, 15) is 15.3 Å². The van der Waals surface area contributed by atoms with Crippen molar-refractivity contribution >= 4 is 8.32 Å². The normalized spacial score (nSPS) is 37.4. The van der Waals surface area contributed by atoms with Gasteiger partial charge in [0.05, 0.1) is 12.6 Å². The van der Waals surface area contributed by atoms with Gasteiger partial charge in [0.15, 0.2) is 14.6 Å². The van der Waals surface area contributed by atoms with E-state index in [2.05, 4.69) is 33.9 Å². The predicted molar refractivity (Wildman–Crippen MR) is 74.0 cm³/mol. The lowest BCUT2D eigenvalue weighted by Crippen LogP contribution is -2.62. The number of hydrogen-bond acceptors (Lipinski definition) is 6. The molecule has 0 aromatic carbocycles. The fourth-order valence-corrected chi connectivity index (χ4v) is 2.63. The van der Waals surface area contributed by atoms with Crippen LogP contribution in [-0.4, -0.2) is 60.9 Å². The number of aliphatic hydroxyl groups is 3. The van der Waals surface area contributed by atoms with E-state index in [0.29, 0.717) is 0 Å². The van der Waals surface area contributed by atoms with E-state index in [1.807, 2.05) is 0 Å². The fraction of sp³-hybridized carbons (Fsp3) is 1.00. The molecule has 0 aliphatic carbocycles. The van der Waals surface area contributed by atoms with Gasteiger partial charge in [-0.15, -0.1) is 0 Å². The van der Waals surface area contributed by atoms with Crippen LogP contribution in [0.1, 0.15) is 20.8 Å². The molecule has 0 saturated carbocycles. The molecule has 1 heterocycles. The monoisotopic (exact) mass is 293 g/mol. The maximum atomic E-state index is 9.89. The van der Waals surface area contributed by atoms with Gasteiger partial charge in [0.2, 0.25) is 0 Å². The lowest BCUT2D eigenvalue weighted by molar-refractivity contribution is -0.247. The molecule has 1 aliphatic heterocycles. The van der Waals surface area contributed by atoms with E-state index in [4.69, 9.17) is 14.9 Å². The number of nitrogens with two attached hydrogens (primary N) is 1. The summed E-state index contributed by atoms with van der Waals surface area (Å²) < 4.78 is 11.1. The van der Waals surface area contributed by atoms with Crippen LogP contribution in [0.25, 0.3) is 0 Å². The maximum Gasteiger partial charge on any atom is 0.192 e. The Labute approximate surface area is 115 Å².